The fraction of sp³-hybridized carbons (Fsp3) is 0.333. The number of rotatable bonds is 7. The van der Waals surface area contributed by atoms with E-state index in [0.717, 1.165) is 36.5 Å². The van der Waals surface area contributed by atoms with Crippen molar-refractivity contribution in [2.24, 2.45) is 0 Å². The number of pyridine rings is 1. The Morgan fingerprint density at radius 1 is 1.14 bits per heavy atom. The zero-order chi connectivity index (χ0) is 15.8. The van der Waals surface area contributed by atoms with E-state index in [4.69, 9.17) is 0 Å². The molecule has 0 aliphatic carbocycles. The predicted octanol–water partition coefficient (Wildman–Crippen LogP) is 3.53. The minimum absolute atomic E-state index is 0.00619. The van der Waals surface area contributed by atoms with Gasteiger partial charge in [-0.3, -0.25) is 4.79 Å². The third-order valence-corrected chi connectivity index (χ3v) is 3.39. The highest BCUT2D eigenvalue weighted by Crippen LogP contribution is 2.09. The zero-order valence-corrected chi connectivity index (χ0v) is 13.2. The summed E-state index contributed by atoms with van der Waals surface area (Å²) >= 11 is 0. The molecule has 1 aromatic carbocycles. The number of aromatic nitrogens is 1. The van der Waals surface area contributed by atoms with Gasteiger partial charge in [-0.1, -0.05) is 31.5 Å². The van der Waals surface area contributed by atoms with Gasteiger partial charge in [0.2, 0.25) is 0 Å². The molecule has 0 unspecified atom stereocenters. The first-order chi connectivity index (χ1) is 10.7. The van der Waals surface area contributed by atoms with E-state index in [0.29, 0.717) is 12.1 Å². The number of nitrogens with one attached hydrogen (secondary N) is 2. The first-order valence-corrected chi connectivity index (χ1v) is 7.73. The van der Waals surface area contributed by atoms with Gasteiger partial charge in [-0.15, -0.1) is 0 Å². The molecule has 0 bridgehead atoms. The molecule has 2 N–H and O–H groups in total. The maximum absolute atomic E-state index is 11.9. The summed E-state index contributed by atoms with van der Waals surface area (Å²) in [6.45, 7) is 5.50. The third kappa shape index (κ3) is 4.88. The molecule has 0 aliphatic rings. The molecule has 0 spiro atoms. The average Bonchev–Trinajstić information content (AvgIpc) is 2.54. The largest absolute Gasteiger partial charge is 0.366 e. The van der Waals surface area contributed by atoms with Crippen molar-refractivity contribution in [3.05, 3.63) is 59.3 Å². The number of benzene rings is 1. The monoisotopic (exact) mass is 297 g/mol. The van der Waals surface area contributed by atoms with Crippen LogP contribution in [0.25, 0.3) is 0 Å². The highest BCUT2D eigenvalue weighted by atomic mass is 16.1. The van der Waals surface area contributed by atoms with Gasteiger partial charge in [0, 0.05) is 24.3 Å². The first-order valence-electron chi connectivity index (χ1n) is 7.73. The lowest BCUT2D eigenvalue weighted by Gasteiger charge is -2.08. The van der Waals surface area contributed by atoms with E-state index in [1.807, 2.05) is 49.4 Å². The molecule has 0 saturated heterocycles. The predicted molar refractivity (Wildman–Crippen MR) is 90.0 cm³/mol. The Hall–Kier alpha value is -2.36. The Morgan fingerprint density at radius 3 is 2.59 bits per heavy atom. The fourth-order valence-electron chi connectivity index (χ4n) is 2.09. The lowest BCUT2D eigenvalue weighted by atomic mass is 10.1. The van der Waals surface area contributed by atoms with Crippen LogP contribution in [0, 0.1) is 6.92 Å². The molecule has 4 nitrogen and oxygen atoms in total. The number of carbonyl (C=O) groups excluding carboxylic acids is 1. The van der Waals surface area contributed by atoms with Gasteiger partial charge in [-0.2, -0.15) is 0 Å². The van der Waals surface area contributed by atoms with Gasteiger partial charge in [-0.25, -0.2) is 4.98 Å². The van der Waals surface area contributed by atoms with Crippen LogP contribution in [0.1, 0.15) is 41.4 Å². The Kier molecular flexibility index (Phi) is 5.95. The standard InChI is InChI=1S/C18H23N3O/c1-3-4-12-19-18(22)16-10-8-15(9-11-16)13-20-17-7-5-6-14(2)21-17/h5-11H,3-4,12-13H2,1-2H3,(H,19,22)(H,20,21). The number of unbranched alkanes of at least 4 members (excludes halogenated alkanes) is 1. The van der Waals surface area contributed by atoms with Crippen LogP contribution in [-0.4, -0.2) is 17.4 Å². The molecule has 1 amide bonds. The Bertz CT molecular complexity index is 608. The van der Waals surface area contributed by atoms with Gasteiger partial charge in [0.1, 0.15) is 5.82 Å². The van der Waals surface area contributed by atoms with Gasteiger partial charge in [-0.05, 0) is 43.2 Å². The van der Waals surface area contributed by atoms with Gasteiger partial charge in [0.15, 0.2) is 0 Å². The first kappa shape index (κ1) is 16.0. The number of carbonyl (C=O) groups is 1. The van der Waals surface area contributed by atoms with Crippen molar-refractivity contribution >= 4 is 11.7 Å². The summed E-state index contributed by atoms with van der Waals surface area (Å²) < 4.78 is 0. The summed E-state index contributed by atoms with van der Waals surface area (Å²) in [4.78, 5) is 16.3. The number of hydrogen-bond donors (Lipinski definition) is 2. The molecule has 116 valence electrons. The second-order valence-electron chi connectivity index (χ2n) is 5.32. The summed E-state index contributed by atoms with van der Waals surface area (Å²) in [5, 5.41) is 6.20. The minimum Gasteiger partial charge on any atom is -0.366 e. The van der Waals surface area contributed by atoms with E-state index in [2.05, 4.69) is 22.5 Å². The average molecular weight is 297 g/mol. The number of aryl methyl sites for hydroxylation is 1. The SMILES string of the molecule is CCCCNC(=O)c1ccc(CNc2cccc(C)n2)cc1. The van der Waals surface area contributed by atoms with Crippen LogP contribution < -0.4 is 10.6 Å². The molecule has 0 fully saturated rings. The number of amides is 1. The van der Waals surface area contributed by atoms with Crippen molar-refractivity contribution in [2.45, 2.75) is 33.2 Å². The molecule has 2 aromatic rings. The number of anilines is 1. The molecule has 4 heteroatoms. The highest BCUT2D eigenvalue weighted by Gasteiger charge is 2.04. The molecule has 0 aliphatic heterocycles. The van der Waals surface area contributed by atoms with Gasteiger partial charge >= 0.3 is 0 Å². The van der Waals surface area contributed by atoms with Crippen LogP contribution in [0.4, 0.5) is 5.82 Å². The van der Waals surface area contributed by atoms with Crippen LogP contribution in [0.15, 0.2) is 42.5 Å². The van der Waals surface area contributed by atoms with Crippen LogP contribution in [0.2, 0.25) is 0 Å². The Balaban J connectivity index is 1.87. The molecule has 0 atom stereocenters. The maximum Gasteiger partial charge on any atom is 0.251 e. The Labute approximate surface area is 132 Å². The third-order valence-electron chi connectivity index (χ3n) is 3.39. The normalized spacial score (nSPS) is 10.3. The maximum atomic E-state index is 11.9. The summed E-state index contributed by atoms with van der Waals surface area (Å²) in [5.41, 5.74) is 2.81. The minimum atomic E-state index is -0.00619. The fourth-order valence-corrected chi connectivity index (χ4v) is 2.09. The summed E-state index contributed by atoms with van der Waals surface area (Å²) in [7, 11) is 0. The zero-order valence-electron chi connectivity index (χ0n) is 13.2. The smallest absolute Gasteiger partial charge is 0.251 e. The van der Waals surface area contributed by atoms with E-state index < -0.39 is 0 Å². The Morgan fingerprint density at radius 2 is 1.91 bits per heavy atom. The van der Waals surface area contributed by atoms with Gasteiger partial charge in [0.25, 0.3) is 5.91 Å². The van der Waals surface area contributed by atoms with Crippen molar-refractivity contribution in [3.8, 4) is 0 Å². The van der Waals surface area contributed by atoms with Crippen molar-refractivity contribution in [3.63, 3.8) is 0 Å². The summed E-state index contributed by atoms with van der Waals surface area (Å²) in [6, 6.07) is 13.6. The van der Waals surface area contributed by atoms with E-state index >= 15 is 0 Å². The van der Waals surface area contributed by atoms with Gasteiger partial charge < -0.3 is 10.6 Å². The number of nitrogens with zero attached hydrogens (tertiary/aromatic N) is 1. The van der Waals surface area contributed by atoms with E-state index in [-0.39, 0.29) is 5.91 Å². The second-order valence-corrected chi connectivity index (χ2v) is 5.32. The molecule has 1 heterocycles. The van der Waals surface area contributed by atoms with E-state index in [9.17, 15) is 4.79 Å². The molecule has 2 rings (SSSR count). The van der Waals surface area contributed by atoms with Crippen molar-refractivity contribution in [2.75, 3.05) is 11.9 Å². The molecular weight excluding hydrogens is 274 g/mol. The van der Waals surface area contributed by atoms with Crippen molar-refractivity contribution < 1.29 is 4.79 Å². The molecule has 0 radical (unpaired) electrons. The van der Waals surface area contributed by atoms with Gasteiger partial charge in [0.05, 0.1) is 0 Å². The summed E-state index contributed by atoms with van der Waals surface area (Å²) in [6.07, 6.45) is 2.09. The molecule has 1 aromatic heterocycles. The number of hydrogen-bond acceptors (Lipinski definition) is 3. The molecular formula is C18H23N3O. The molecule has 0 saturated carbocycles. The lowest BCUT2D eigenvalue weighted by molar-refractivity contribution is 0.0953. The van der Waals surface area contributed by atoms with Crippen LogP contribution in [-0.2, 0) is 6.54 Å². The van der Waals surface area contributed by atoms with Crippen LogP contribution >= 0.6 is 0 Å². The summed E-state index contributed by atoms with van der Waals surface area (Å²) in [5.74, 6) is 0.856. The highest BCUT2D eigenvalue weighted by molar-refractivity contribution is 5.94. The second kappa shape index (κ2) is 8.17. The van der Waals surface area contributed by atoms with E-state index in [1.165, 1.54) is 0 Å². The van der Waals surface area contributed by atoms with E-state index in [1.54, 1.807) is 0 Å². The topological polar surface area (TPSA) is 54.0 Å². The lowest BCUT2D eigenvalue weighted by Crippen LogP contribution is -2.24. The molecule has 22 heavy (non-hydrogen) atoms. The van der Waals surface area contributed by atoms with Crippen LogP contribution in [0.3, 0.4) is 0 Å². The van der Waals surface area contributed by atoms with Crippen molar-refractivity contribution in [1.82, 2.24) is 10.3 Å². The van der Waals surface area contributed by atoms with Crippen molar-refractivity contribution in [1.29, 1.82) is 0 Å². The van der Waals surface area contributed by atoms with Crippen LogP contribution in [0.5, 0.6) is 0 Å². The quantitative estimate of drug-likeness (QED) is 0.769.